The number of nitrogens with one attached hydrogen (secondary N) is 3. The predicted molar refractivity (Wildman–Crippen MR) is 115 cm³/mol. The van der Waals surface area contributed by atoms with E-state index in [1.54, 1.807) is 24.5 Å². The maximum absolute atomic E-state index is 12.7. The number of imidazole rings is 1. The van der Waals surface area contributed by atoms with E-state index >= 15 is 0 Å². The van der Waals surface area contributed by atoms with Crippen LogP contribution in [0.4, 0.5) is 21.0 Å². The van der Waals surface area contributed by atoms with Crippen molar-refractivity contribution in [1.29, 1.82) is 0 Å². The van der Waals surface area contributed by atoms with Crippen LogP contribution in [0, 0.1) is 0 Å². The first-order chi connectivity index (χ1) is 15.6. The van der Waals surface area contributed by atoms with Crippen molar-refractivity contribution in [2.45, 2.75) is 18.8 Å². The number of alkyl carbamates (subject to hydrolysis) is 1. The standard InChI is InChI=1S/C20H23FN8O3/c1-31-20(30)25-7-6-24-19-23-5-4-13(27-19)16-15(28-18(29-16)11-2-3-11)12-8-14(32-10-21)17(22)26-9-12/h4-5,8-9,11H,2-3,6-7,10H2,1H3,(H2,22,26)(H,25,30)(H,28,29)(H,23,24,27). The highest BCUT2D eigenvalue weighted by Gasteiger charge is 2.29. The maximum Gasteiger partial charge on any atom is 0.406 e. The molecule has 1 saturated carbocycles. The summed E-state index contributed by atoms with van der Waals surface area (Å²) in [6, 6.07) is 3.37. The Morgan fingerprint density at radius 2 is 2.16 bits per heavy atom. The summed E-state index contributed by atoms with van der Waals surface area (Å²) in [4.78, 5) is 32.1. The Morgan fingerprint density at radius 1 is 1.31 bits per heavy atom. The van der Waals surface area contributed by atoms with Crippen LogP contribution in [-0.4, -0.2) is 58.1 Å². The minimum absolute atomic E-state index is 0.0972. The number of nitrogens with zero attached hydrogens (tertiary/aromatic N) is 4. The van der Waals surface area contributed by atoms with E-state index in [1.807, 2.05) is 0 Å². The van der Waals surface area contributed by atoms with Gasteiger partial charge in [0.25, 0.3) is 0 Å². The first-order valence-corrected chi connectivity index (χ1v) is 10.0. The summed E-state index contributed by atoms with van der Waals surface area (Å²) in [5, 5.41) is 5.62. The van der Waals surface area contributed by atoms with E-state index in [-0.39, 0.29) is 11.6 Å². The molecule has 0 aliphatic heterocycles. The lowest BCUT2D eigenvalue weighted by Gasteiger charge is -2.09. The minimum Gasteiger partial charge on any atom is -0.459 e. The monoisotopic (exact) mass is 442 g/mol. The SMILES string of the molecule is COC(=O)NCCNc1nccc(-c2[nH]c(C3CC3)nc2-c2cnc(N)c(OCF)c2)n1. The number of pyridine rings is 1. The quantitative estimate of drug-likeness (QED) is 0.366. The van der Waals surface area contributed by atoms with Crippen molar-refractivity contribution in [3.05, 3.63) is 30.4 Å². The molecule has 0 bridgehead atoms. The number of aromatic amines is 1. The van der Waals surface area contributed by atoms with Crippen LogP contribution in [-0.2, 0) is 4.74 Å². The molecule has 0 aromatic carbocycles. The number of nitrogens with two attached hydrogens (primary N) is 1. The minimum atomic E-state index is -1.01. The summed E-state index contributed by atoms with van der Waals surface area (Å²) in [6.45, 7) is -0.259. The highest BCUT2D eigenvalue weighted by atomic mass is 19.1. The molecule has 3 aromatic rings. The highest BCUT2D eigenvalue weighted by Crippen LogP contribution is 2.42. The summed E-state index contributed by atoms with van der Waals surface area (Å²) >= 11 is 0. The van der Waals surface area contributed by atoms with E-state index in [0.29, 0.717) is 47.6 Å². The number of carbonyl (C=O) groups is 1. The lowest BCUT2D eigenvalue weighted by atomic mass is 10.1. The zero-order chi connectivity index (χ0) is 22.5. The van der Waals surface area contributed by atoms with Crippen LogP contribution < -0.4 is 21.1 Å². The van der Waals surface area contributed by atoms with Crippen LogP contribution in [0.5, 0.6) is 5.75 Å². The number of alkyl halides is 1. The largest absolute Gasteiger partial charge is 0.459 e. The molecule has 12 heteroatoms. The zero-order valence-corrected chi connectivity index (χ0v) is 17.4. The van der Waals surface area contributed by atoms with Crippen LogP contribution in [0.25, 0.3) is 22.6 Å². The molecule has 4 rings (SSSR count). The van der Waals surface area contributed by atoms with Gasteiger partial charge in [0.1, 0.15) is 5.82 Å². The van der Waals surface area contributed by atoms with Gasteiger partial charge < -0.3 is 30.8 Å². The van der Waals surface area contributed by atoms with Gasteiger partial charge in [-0.15, -0.1) is 0 Å². The molecule has 0 spiro atoms. The lowest BCUT2D eigenvalue weighted by Crippen LogP contribution is -2.28. The van der Waals surface area contributed by atoms with Crippen molar-refractivity contribution in [1.82, 2.24) is 30.2 Å². The van der Waals surface area contributed by atoms with Crippen molar-refractivity contribution >= 4 is 17.9 Å². The smallest absolute Gasteiger partial charge is 0.406 e. The van der Waals surface area contributed by atoms with Gasteiger partial charge in [0, 0.05) is 37.0 Å². The molecule has 5 N–H and O–H groups in total. The molecule has 3 heterocycles. The fraction of sp³-hybridized carbons (Fsp3) is 0.350. The number of nitrogen functional groups attached to an aromatic ring is 1. The molecule has 168 valence electrons. The number of methoxy groups -OCH3 is 1. The molecule has 0 unspecified atom stereocenters. The second-order valence-corrected chi connectivity index (χ2v) is 7.09. The van der Waals surface area contributed by atoms with Gasteiger partial charge in [-0.2, -0.15) is 0 Å². The van der Waals surface area contributed by atoms with E-state index in [4.69, 9.17) is 15.5 Å². The van der Waals surface area contributed by atoms with E-state index < -0.39 is 13.0 Å². The molecule has 3 aromatic heterocycles. The normalized spacial score (nSPS) is 12.9. The number of aromatic nitrogens is 5. The number of carbonyl (C=O) groups excluding carboxylic acids is 1. The van der Waals surface area contributed by atoms with E-state index in [1.165, 1.54) is 7.11 Å². The summed E-state index contributed by atoms with van der Waals surface area (Å²) in [7, 11) is 1.30. The number of rotatable bonds is 9. The van der Waals surface area contributed by atoms with E-state index in [9.17, 15) is 9.18 Å². The number of hydrogen-bond acceptors (Lipinski definition) is 9. The maximum atomic E-state index is 12.7. The van der Waals surface area contributed by atoms with E-state index in [0.717, 1.165) is 18.7 Å². The van der Waals surface area contributed by atoms with Gasteiger partial charge in [0.15, 0.2) is 11.6 Å². The Kier molecular flexibility index (Phi) is 6.29. The van der Waals surface area contributed by atoms with Crippen molar-refractivity contribution < 1.29 is 18.7 Å². The predicted octanol–water partition coefficient (Wildman–Crippen LogP) is 2.46. The number of H-pyrrole nitrogens is 1. The van der Waals surface area contributed by atoms with Crippen molar-refractivity contribution in [3.63, 3.8) is 0 Å². The number of amides is 1. The molecule has 11 nitrogen and oxygen atoms in total. The fourth-order valence-corrected chi connectivity index (χ4v) is 3.09. The summed E-state index contributed by atoms with van der Waals surface area (Å²) in [5.41, 5.74) is 8.31. The molecule has 1 aliphatic rings. The molecule has 0 radical (unpaired) electrons. The average Bonchev–Trinajstić information content (AvgIpc) is 3.57. The molecule has 32 heavy (non-hydrogen) atoms. The van der Waals surface area contributed by atoms with Crippen molar-refractivity contribution in [3.8, 4) is 28.4 Å². The molecular formula is C20H23FN8O3. The van der Waals surface area contributed by atoms with Crippen LogP contribution >= 0.6 is 0 Å². The van der Waals surface area contributed by atoms with Crippen LogP contribution in [0.15, 0.2) is 24.5 Å². The van der Waals surface area contributed by atoms with Gasteiger partial charge in [-0.25, -0.2) is 29.1 Å². The second kappa shape index (κ2) is 9.45. The molecular weight excluding hydrogens is 419 g/mol. The van der Waals surface area contributed by atoms with Gasteiger partial charge in [-0.1, -0.05) is 0 Å². The van der Waals surface area contributed by atoms with Gasteiger partial charge in [0.05, 0.1) is 24.2 Å². The number of ether oxygens (including phenoxy) is 2. The van der Waals surface area contributed by atoms with Crippen molar-refractivity contribution in [2.75, 3.05) is 38.1 Å². The first kappa shape index (κ1) is 21.3. The number of hydrogen-bond donors (Lipinski definition) is 4. The zero-order valence-electron chi connectivity index (χ0n) is 17.4. The van der Waals surface area contributed by atoms with Crippen LogP contribution in [0.3, 0.4) is 0 Å². The molecule has 1 amide bonds. The third-order valence-electron chi connectivity index (χ3n) is 4.83. The first-order valence-electron chi connectivity index (χ1n) is 10.0. The van der Waals surface area contributed by atoms with Crippen molar-refractivity contribution in [2.24, 2.45) is 0 Å². The van der Waals surface area contributed by atoms with Gasteiger partial charge in [-0.3, -0.25) is 0 Å². The average molecular weight is 442 g/mol. The Bertz CT molecular complexity index is 1100. The van der Waals surface area contributed by atoms with Gasteiger partial charge in [-0.05, 0) is 25.0 Å². The summed E-state index contributed by atoms with van der Waals surface area (Å²) in [6.07, 6.45) is 4.80. The Hall–Kier alpha value is -3.96. The summed E-state index contributed by atoms with van der Waals surface area (Å²) < 4.78 is 22.2. The molecule has 0 saturated heterocycles. The molecule has 1 fully saturated rings. The third-order valence-corrected chi connectivity index (χ3v) is 4.83. The van der Waals surface area contributed by atoms with Gasteiger partial charge >= 0.3 is 6.09 Å². The van der Waals surface area contributed by atoms with Crippen LogP contribution in [0.1, 0.15) is 24.6 Å². The van der Waals surface area contributed by atoms with Crippen LogP contribution in [0.2, 0.25) is 0 Å². The topological polar surface area (TPSA) is 153 Å². The Labute approximate surface area is 183 Å². The van der Waals surface area contributed by atoms with Gasteiger partial charge in [0.2, 0.25) is 12.8 Å². The molecule has 1 aliphatic carbocycles. The third kappa shape index (κ3) is 4.85. The number of anilines is 2. The van der Waals surface area contributed by atoms with E-state index in [2.05, 4.69) is 35.3 Å². The second-order valence-electron chi connectivity index (χ2n) is 7.09. The highest BCUT2D eigenvalue weighted by molar-refractivity contribution is 5.78. The Balaban J connectivity index is 1.61. The summed E-state index contributed by atoms with van der Waals surface area (Å²) in [5.74, 6) is 1.86. The fourth-order valence-electron chi connectivity index (χ4n) is 3.09. The molecule has 0 atom stereocenters. The number of halogens is 1. The lowest BCUT2D eigenvalue weighted by molar-refractivity contribution is 0.171. The Morgan fingerprint density at radius 3 is 2.91 bits per heavy atom.